The number of hydrogen-bond donors (Lipinski definition) is 1. The maximum atomic E-state index is 13.4. The fourth-order valence-corrected chi connectivity index (χ4v) is 2.72. The summed E-state index contributed by atoms with van der Waals surface area (Å²) in [5, 5.41) is 1.64. The lowest BCUT2D eigenvalue weighted by Gasteiger charge is -2.20. The second kappa shape index (κ2) is 5.95. The van der Waals surface area contributed by atoms with Crippen LogP contribution in [0.15, 0.2) is 23.1 Å². The zero-order valence-electron chi connectivity index (χ0n) is 9.71. The first-order valence-electron chi connectivity index (χ1n) is 4.82. The van der Waals surface area contributed by atoms with E-state index in [1.54, 1.807) is 14.1 Å². The zero-order chi connectivity index (χ0) is 13.9. The Hall–Kier alpha value is -0.720. The van der Waals surface area contributed by atoms with Gasteiger partial charge in [-0.2, -0.15) is 7.77 Å². The van der Waals surface area contributed by atoms with Gasteiger partial charge in [0.05, 0.1) is 9.92 Å². The second-order valence-electron chi connectivity index (χ2n) is 3.65. The Morgan fingerprint density at radius 3 is 2.50 bits per heavy atom. The lowest BCUT2D eigenvalue weighted by atomic mass is 10.3. The highest BCUT2D eigenvalue weighted by molar-refractivity contribution is 8.26. The van der Waals surface area contributed by atoms with Gasteiger partial charge in [-0.3, -0.25) is 0 Å². The molecule has 1 aromatic carbocycles. The number of nitrogens with zero attached hydrogens (tertiary/aromatic N) is 1. The molecule has 1 N–H and O–H groups in total. The third-order valence-corrected chi connectivity index (χ3v) is 4.57. The monoisotopic (exact) mass is 316 g/mol. The van der Waals surface area contributed by atoms with Gasteiger partial charge >= 0.3 is 6.03 Å². The summed E-state index contributed by atoms with van der Waals surface area (Å²) >= 11 is 11.0. The summed E-state index contributed by atoms with van der Waals surface area (Å²) in [6.07, 6.45) is 0. The van der Waals surface area contributed by atoms with Gasteiger partial charge in [0.25, 0.3) is 0 Å². The topological polar surface area (TPSA) is 32.3 Å². The molecule has 102 valence electrons. The van der Waals surface area contributed by atoms with Gasteiger partial charge in [0.1, 0.15) is 16.0 Å². The summed E-state index contributed by atoms with van der Waals surface area (Å²) in [5.74, 6) is 0. The first-order chi connectivity index (χ1) is 8.27. The Bertz CT molecular complexity index is 458. The Kier molecular flexibility index (Phi) is 5.07. The molecular formula is C10H12Cl2F2N2OS. The maximum absolute atomic E-state index is 13.4. The van der Waals surface area contributed by atoms with Crippen LogP contribution in [0.1, 0.15) is 0 Å². The van der Waals surface area contributed by atoms with Crippen molar-refractivity contribution in [3.8, 4) is 0 Å². The van der Waals surface area contributed by atoms with E-state index in [0.29, 0.717) is 5.69 Å². The van der Waals surface area contributed by atoms with Gasteiger partial charge in [-0.1, -0.05) is 11.6 Å². The Labute approximate surface area is 116 Å². The largest absolute Gasteiger partial charge is 0.331 e. The fourth-order valence-electron chi connectivity index (χ4n) is 1.11. The van der Waals surface area contributed by atoms with Crippen LogP contribution in [0.3, 0.4) is 0 Å². The minimum atomic E-state index is -4.08. The minimum Gasteiger partial charge on any atom is -0.331 e. The van der Waals surface area contributed by atoms with Crippen molar-refractivity contribution in [1.82, 2.24) is 4.90 Å². The molecular weight excluding hydrogens is 305 g/mol. The summed E-state index contributed by atoms with van der Waals surface area (Å²) < 4.78 is 26.9. The van der Waals surface area contributed by atoms with E-state index in [9.17, 15) is 12.6 Å². The van der Waals surface area contributed by atoms with E-state index >= 15 is 0 Å². The molecule has 0 unspecified atom stereocenters. The van der Waals surface area contributed by atoms with E-state index < -0.39 is 16.0 Å². The first kappa shape index (κ1) is 15.3. The van der Waals surface area contributed by atoms with Crippen molar-refractivity contribution in [3.63, 3.8) is 0 Å². The molecule has 2 amide bonds. The molecule has 0 aliphatic carbocycles. The van der Waals surface area contributed by atoms with Crippen LogP contribution in [0.4, 0.5) is 18.3 Å². The number of anilines is 1. The molecule has 0 heterocycles. The summed E-state index contributed by atoms with van der Waals surface area (Å²) in [5.41, 5.74) is 0.354. The molecule has 0 saturated heterocycles. The molecule has 1 rings (SSSR count). The Balaban J connectivity index is 2.96. The second-order valence-corrected chi connectivity index (χ2v) is 6.52. The fraction of sp³-hybridized carbons (Fsp3) is 0.300. The molecule has 3 nitrogen and oxygen atoms in total. The number of nitrogens with one attached hydrogen (secondary N) is 1. The van der Waals surface area contributed by atoms with Crippen LogP contribution in [0, 0.1) is 0 Å². The molecule has 0 aromatic heterocycles. The number of benzene rings is 1. The van der Waals surface area contributed by atoms with E-state index in [1.165, 1.54) is 23.1 Å². The summed E-state index contributed by atoms with van der Waals surface area (Å²) in [6, 6.07) is 3.47. The lowest BCUT2D eigenvalue weighted by molar-refractivity contribution is 0.230. The van der Waals surface area contributed by atoms with Crippen molar-refractivity contribution in [2.45, 2.75) is 4.90 Å². The van der Waals surface area contributed by atoms with Gasteiger partial charge in [-0.05, 0) is 18.2 Å². The quantitative estimate of drug-likeness (QED) is 0.814. The van der Waals surface area contributed by atoms with Gasteiger partial charge in [0, 0.05) is 19.8 Å². The Morgan fingerprint density at radius 2 is 2.06 bits per heavy atom. The number of halogens is 4. The van der Waals surface area contributed by atoms with Crippen LogP contribution in [0.5, 0.6) is 0 Å². The molecule has 1 aromatic rings. The van der Waals surface area contributed by atoms with Gasteiger partial charge in [-0.25, -0.2) is 4.79 Å². The number of rotatable bonds is 3. The van der Waals surface area contributed by atoms with Crippen molar-refractivity contribution in [3.05, 3.63) is 23.2 Å². The van der Waals surface area contributed by atoms with Crippen molar-refractivity contribution in [2.75, 3.05) is 24.6 Å². The number of amides is 2. The van der Waals surface area contributed by atoms with Gasteiger partial charge in [0.15, 0.2) is 0 Å². The molecule has 0 spiro atoms. The predicted molar refractivity (Wildman–Crippen MR) is 73.0 cm³/mol. The van der Waals surface area contributed by atoms with E-state index in [0.717, 1.165) is 0 Å². The summed E-state index contributed by atoms with van der Waals surface area (Å²) in [6.45, 7) is 0. The average molecular weight is 317 g/mol. The van der Waals surface area contributed by atoms with Crippen LogP contribution in [-0.4, -0.2) is 30.2 Å². The maximum Gasteiger partial charge on any atom is 0.321 e. The molecule has 0 atom stereocenters. The van der Waals surface area contributed by atoms with E-state index in [4.69, 9.17) is 23.2 Å². The highest BCUT2D eigenvalue weighted by atomic mass is 35.5. The number of urea groups is 1. The summed E-state index contributed by atoms with van der Waals surface area (Å²) in [4.78, 5) is 12.4. The number of carbonyl (C=O) groups is 1. The van der Waals surface area contributed by atoms with Crippen LogP contribution >= 0.6 is 34.0 Å². The molecule has 8 heteroatoms. The first-order valence-corrected chi connectivity index (χ1v) is 7.33. The molecule has 0 bridgehead atoms. The van der Waals surface area contributed by atoms with E-state index in [2.05, 4.69) is 5.32 Å². The molecule has 18 heavy (non-hydrogen) atoms. The lowest BCUT2D eigenvalue weighted by Crippen LogP contribution is -2.27. The van der Waals surface area contributed by atoms with Crippen LogP contribution in [0.25, 0.3) is 0 Å². The molecule has 0 saturated carbocycles. The van der Waals surface area contributed by atoms with Crippen molar-refractivity contribution < 1.29 is 12.6 Å². The van der Waals surface area contributed by atoms with Crippen molar-refractivity contribution in [1.29, 1.82) is 0 Å². The van der Waals surface area contributed by atoms with Gasteiger partial charge < -0.3 is 10.2 Å². The average Bonchev–Trinajstić information content (AvgIpc) is 2.28. The third kappa shape index (κ3) is 3.63. The van der Waals surface area contributed by atoms with Crippen LogP contribution < -0.4 is 5.32 Å². The number of carbonyl (C=O) groups excluding carboxylic acids is 1. The molecule has 0 fully saturated rings. The molecule has 0 radical (unpaired) electrons. The molecule has 0 aliphatic heterocycles. The highest BCUT2D eigenvalue weighted by Crippen LogP contribution is 2.61. The van der Waals surface area contributed by atoms with Gasteiger partial charge in [0.2, 0.25) is 0 Å². The predicted octanol–water partition coefficient (Wildman–Crippen LogP) is 4.56. The molecule has 0 aliphatic rings. The zero-order valence-corrected chi connectivity index (χ0v) is 12.0. The smallest absolute Gasteiger partial charge is 0.321 e. The third-order valence-electron chi connectivity index (χ3n) is 2.05. The standard InChI is InChI=1S/C10H12Cl2F2N2OS/c1-16(2)10(17)15-7-3-4-9(8(12)5-7)18(13,14)6-11/h3-5H,6H2,1-2H3,(H,15,17). The normalized spacial score (nSPS) is 12.1. The van der Waals surface area contributed by atoms with E-state index in [1.807, 2.05) is 0 Å². The van der Waals surface area contributed by atoms with Crippen LogP contribution in [-0.2, 0) is 0 Å². The van der Waals surface area contributed by atoms with Gasteiger partial charge in [-0.15, -0.1) is 11.6 Å². The van der Waals surface area contributed by atoms with Crippen LogP contribution in [0.2, 0.25) is 5.02 Å². The number of hydrogen-bond acceptors (Lipinski definition) is 1. The van der Waals surface area contributed by atoms with Crippen molar-refractivity contribution in [2.24, 2.45) is 0 Å². The SMILES string of the molecule is CN(C)C(=O)Nc1ccc(S(F)(F)CCl)c(Cl)c1. The number of alkyl halides is 1. The van der Waals surface area contributed by atoms with E-state index in [-0.39, 0.29) is 15.9 Å². The Morgan fingerprint density at radius 1 is 1.44 bits per heavy atom. The van der Waals surface area contributed by atoms with Crippen molar-refractivity contribution >= 4 is 45.7 Å². The summed E-state index contributed by atoms with van der Waals surface area (Å²) in [7, 11) is -0.947. The highest BCUT2D eigenvalue weighted by Gasteiger charge is 2.27. The minimum absolute atomic E-state index is 0.104.